The summed E-state index contributed by atoms with van der Waals surface area (Å²) in [5.74, 6) is 0.847. The standard InChI is InChI=1S/C15H23NO3S.2C14H23NO2S.C13H21NO2S.C12H18O.C11H16ClNO2S.C11H16FNO2S.C11H17NO2S.C11H16O.CH4/c1-15(2,3)12-4-6-14(7-5-12)20(17,18)16-13-8-10-19-11-9-13;2*1-6-11(2)15-18(16,17)13-9-7-12(8-10-13)14(3,4)5;1-5-10-14-17(15,16)12-8-6-11(7-9-12)13(2,3)4;1-9-8-10(12(2,3)4)6-7-11(9)13-5;2*1-11(2,3)9-6-5-8(7-10(9)12)16(14,15)13-4;1-11(2,3)9-5-7-10(8-6-9)15(13,14)12-4;1-8-7-9(11(2,3)4)5-6-10(8)12;/h4-7,13,16H,8-11H2,1-3H3;2*7-11,15H,6H2,1-5H3;6-9,14H,5,10H2,1-4H3;6-8H,1-5H3;2*5-7,13H,1-4H3;5-8,12H,1-4H3;5-7,12H,1-4H3;1H4/t;2*11-;;;;;;;/m.10......./s1. The summed E-state index contributed by atoms with van der Waals surface area (Å²) >= 11 is 6.08. The molecule has 822 valence electrons. The van der Waals surface area contributed by atoms with Gasteiger partial charge < -0.3 is 14.6 Å². The van der Waals surface area contributed by atoms with Crippen LogP contribution in [0.2, 0.25) is 5.02 Å². The Hall–Kier alpha value is -7.87. The average Bonchev–Trinajstić information content (AvgIpc) is 0.803. The van der Waals surface area contributed by atoms with Crippen molar-refractivity contribution >= 4 is 81.8 Å². The van der Waals surface area contributed by atoms with E-state index in [0.717, 1.165) is 82.9 Å². The molecule has 10 rings (SSSR count). The van der Waals surface area contributed by atoms with Gasteiger partial charge in [-0.2, -0.15) is 0 Å². The third-order valence-corrected chi connectivity index (χ3v) is 34.2. The molecule has 0 bridgehead atoms. The molecule has 1 saturated heterocycles. The Bertz CT molecular complexity index is 6240. The summed E-state index contributed by atoms with van der Waals surface area (Å²) in [5.41, 5.74) is 12.0. The molecule has 0 spiro atoms. The zero-order valence-corrected chi connectivity index (χ0v) is 99.9. The van der Waals surface area contributed by atoms with Crippen LogP contribution in [0.5, 0.6) is 11.5 Å². The number of phenolic OH excluding ortho intramolecular Hbond substituents is 1. The van der Waals surface area contributed by atoms with E-state index >= 15 is 0 Å². The highest BCUT2D eigenvalue weighted by Crippen LogP contribution is 2.35. The van der Waals surface area contributed by atoms with E-state index < -0.39 is 76.0 Å². The minimum absolute atomic E-state index is 0. The van der Waals surface area contributed by atoms with E-state index in [2.05, 4.69) is 198 Å². The molecule has 0 unspecified atom stereocenters. The molecule has 1 aliphatic rings. The van der Waals surface area contributed by atoms with Gasteiger partial charge in [0.2, 0.25) is 70.2 Å². The van der Waals surface area contributed by atoms with Crippen molar-refractivity contribution in [3.8, 4) is 11.5 Å². The van der Waals surface area contributed by atoms with Gasteiger partial charge in [-0.1, -0.05) is 324 Å². The van der Waals surface area contributed by atoms with Crippen molar-refractivity contribution in [1.82, 2.24) is 33.1 Å². The van der Waals surface area contributed by atoms with Crippen LogP contribution in [0.15, 0.2) is 228 Å². The van der Waals surface area contributed by atoms with E-state index in [9.17, 15) is 68.4 Å². The number of hydrogen-bond acceptors (Lipinski definition) is 17. The first-order valence-corrected chi connectivity index (χ1v) is 59.7. The number of benzene rings is 9. The van der Waals surface area contributed by atoms with Crippen molar-refractivity contribution in [2.75, 3.05) is 48.0 Å². The van der Waals surface area contributed by atoms with Crippen molar-refractivity contribution < 1.29 is 77.9 Å². The summed E-state index contributed by atoms with van der Waals surface area (Å²) in [5, 5.41) is 9.79. The number of aromatic hydroxyl groups is 1. The lowest BCUT2D eigenvalue weighted by atomic mass is 9.86. The molecule has 1 fully saturated rings. The second-order valence-corrected chi connectivity index (χ2v) is 58.2. The van der Waals surface area contributed by atoms with Crippen LogP contribution in [-0.2, 0) is 124 Å². The minimum atomic E-state index is -3.57. The molecule has 1 aliphatic heterocycles. The quantitative estimate of drug-likeness (QED) is 0.0312. The number of ether oxygens (including phenoxy) is 2. The molecule has 0 radical (unpaired) electrons. The van der Waals surface area contributed by atoms with E-state index in [0.29, 0.717) is 60.6 Å². The van der Waals surface area contributed by atoms with Gasteiger partial charge >= 0.3 is 0 Å². The zero-order valence-electron chi connectivity index (χ0n) is 93.5. The van der Waals surface area contributed by atoms with Gasteiger partial charge in [-0.15, -0.1) is 0 Å². The highest BCUT2D eigenvalue weighted by Gasteiger charge is 2.29. The van der Waals surface area contributed by atoms with Gasteiger partial charge in [-0.05, 0) is 288 Å². The van der Waals surface area contributed by atoms with Crippen LogP contribution in [0, 0.1) is 19.7 Å². The lowest BCUT2D eigenvalue weighted by Gasteiger charge is -2.23. The normalized spacial score (nSPS) is 13.6. The molecule has 0 aromatic heterocycles. The lowest BCUT2D eigenvalue weighted by Crippen LogP contribution is -2.38. The molecule has 1 heterocycles. The smallest absolute Gasteiger partial charge is 0.240 e. The maximum Gasteiger partial charge on any atom is 0.240 e. The largest absolute Gasteiger partial charge is 0.508 e. The Morgan fingerprint density at radius 1 is 0.356 bits per heavy atom. The second-order valence-electron chi connectivity index (χ2n) is 45.2. The molecular weight excluding hydrogens is 2010 g/mol. The van der Waals surface area contributed by atoms with Gasteiger partial charge in [0.15, 0.2) is 0 Å². The minimum Gasteiger partial charge on any atom is -0.508 e. The fourth-order valence-electron chi connectivity index (χ4n) is 13.3. The Morgan fingerprint density at radius 2 is 0.623 bits per heavy atom. The van der Waals surface area contributed by atoms with E-state index in [-0.39, 0.29) is 84.1 Å². The molecule has 8 N–H and O–H groups in total. The Balaban J connectivity index is 0.000000823. The molecule has 9 aromatic carbocycles. The van der Waals surface area contributed by atoms with Gasteiger partial charge in [-0.3, -0.25) is 0 Å². The van der Waals surface area contributed by atoms with Crippen molar-refractivity contribution in [3.05, 3.63) is 266 Å². The van der Waals surface area contributed by atoms with Crippen LogP contribution < -0.4 is 37.8 Å². The number of hydrogen-bond donors (Lipinski definition) is 8. The van der Waals surface area contributed by atoms with Crippen LogP contribution in [-0.4, -0.2) is 130 Å². The molecule has 24 nitrogen and oxygen atoms in total. The highest BCUT2D eigenvalue weighted by atomic mass is 35.5. The van der Waals surface area contributed by atoms with Gasteiger partial charge in [0, 0.05) is 42.9 Å². The summed E-state index contributed by atoms with van der Waals surface area (Å²) in [6, 6.07) is 56.2. The summed E-state index contributed by atoms with van der Waals surface area (Å²) in [4.78, 5) is 1.76. The summed E-state index contributed by atoms with van der Waals surface area (Å²) in [7, 11) is -18.0. The first-order valence-electron chi connectivity index (χ1n) is 48.9. The van der Waals surface area contributed by atoms with Crippen molar-refractivity contribution in [2.24, 2.45) is 0 Å². The molecule has 0 aliphatic carbocycles. The van der Waals surface area contributed by atoms with Crippen LogP contribution in [0.1, 0.15) is 322 Å². The molecule has 146 heavy (non-hydrogen) atoms. The van der Waals surface area contributed by atoms with Crippen LogP contribution in [0.25, 0.3) is 0 Å². The number of phenols is 1. The predicted octanol–water partition coefficient (Wildman–Crippen LogP) is 24.6. The number of halogens is 2. The van der Waals surface area contributed by atoms with Gasteiger partial charge in [0.05, 0.1) is 41.4 Å². The Morgan fingerprint density at radius 3 is 0.890 bits per heavy atom. The maximum atomic E-state index is 13.7. The van der Waals surface area contributed by atoms with Crippen molar-refractivity contribution in [2.45, 2.75) is 376 Å². The van der Waals surface area contributed by atoms with E-state index in [1.54, 1.807) is 86.0 Å². The Labute approximate surface area is 887 Å². The number of methoxy groups -OCH3 is 1. The molecule has 0 amide bonds. The van der Waals surface area contributed by atoms with Gasteiger partial charge in [-0.25, -0.2) is 96.4 Å². The molecule has 33 heteroatoms. The molecule has 9 aromatic rings. The molecular formula is C113H177ClFN7O17S7. The van der Waals surface area contributed by atoms with Crippen LogP contribution in [0.4, 0.5) is 4.39 Å². The second kappa shape index (κ2) is 56.5. The summed E-state index contributed by atoms with van der Waals surface area (Å²) in [6.45, 7) is 71.7. The number of rotatable bonds is 22. The fourth-order valence-corrected chi connectivity index (χ4v) is 21.1. The third kappa shape index (κ3) is 45.7. The number of nitrogens with one attached hydrogen (secondary N) is 7. The SMILES string of the molecule is C.CC(C)(C)c1ccc(S(=O)(=O)NC2CCOCC2)cc1.CCCNS(=O)(=O)c1ccc(C(C)(C)C)cc1.CC[C@@H](C)NS(=O)(=O)c1ccc(C(C)(C)C)cc1.CC[C@H](C)NS(=O)(=O)c1ccc(C(C)(C)C)cc1.CNS(=O)(=O)c1ccc(C(C)(C)C)c(Cl)c1.CNS(=O)(=O)c1ccc(C(C)(C)C)c(F)c1.CNS(=O)(=O)c1ccc(C(C)(C)C)cc1.COc1ccc(C(C)(C)C)cc1C.Cc1cc(C(C)(C)C)ccc1O. The molecule has 0 saturated carbocycles. The first-order chi connectivity index (χ1) is 65.9. The highest BCUT2D eigenvalue weighted by molar-refractivity contribution is 7.91. The van der Waals surface area contributed by atoms with E-state index in [1.165, 1.54) is 56.0 Å². The fraction of sp³-hybridized carbons (Fsp3) is 0.522. The summed E-state index contributed by atoms with van der Waals surface area (Å²) < 4.78 is 207. The molecule has 2 atom stereocenters. The zero-order chi connectivity index (χ0) is 112. The topological polar surface area (TPSA) is 362 Å². The average molecular weight is 2180 g/mol. The van der Waals surface area contributed by atoms with Crippen molar-refractivity contribution in [3.63, 3.8) is 0 Å². The van der Waals surface area contributed by atoms with Crippen LogP contribution >= 0.6 is 11.6 Å². The summed E-state index contributed by atoms with van der Waals surface area (Å²) in [6.07, 6.45) is 3.82. The number of sulfonamides is 7. The monoisotopic (exact) mass is 2180 g/mol. The number of aryl methyl sites for hydroxylation is 2. The van der Waals surface area contributed by atoms with E-state index in [4.69, 9.17) is 21.1 Å². The first kappa shape index (κ1) is 136. The Kier molecular flexibility index (Phi) is 52.7. The third-order valence-electron chi connectivity index (χ3n) is 23.4. The van der Waals surface area contributed by atoms with E-state index in [1.807, 2.05) is 162 Å². The maximum absolute atomic E-state index is 13.7. The predicted molar refractivity (Wildman–Crippen MR) is 604 cm³/mol. The van der Waals surface area contributed by atoms with Gasteiger partial charge in [0.25, 0.3) is 0 Å². The van der Waals surface area contributed by atoms with Crippen molar-refractivity contribution in [1.29, 1.82) is 0 Å². The van der Waals surface area contributed by atoms with Crippen LogP contribution in [0.3, 0.4) is 0 Å². The van der Waals surface area contributed by atoms with Gasteiger partial charge in [0.1, 0.15) is 17.3 Å². The lowest BCUT2D eigenvalue weighted by molar-refractivity contribution is 0.0832.